The molecule has 8 heteroatoms. The molecule has 158 valence electrons. The van der Waals surface area contributed by atoms with Gasteiger partial charge in [-0.1, -0.05) is 12.1 Å². The monoisotopic (exact) mass is 417 g/mol. The van der Waals surface area contributed by atoms with Crippen molar-refractivity contribution in [1.29, 1.82) is 0 Å². The molecule has 0 saturated carbocycles. The highest BCUT2D eigenvalue weighted by atomic mass is 16.4. The van der Waals surface area contributed by atoms with Gasteiger partial charge < -0.3 is 20.4 Å². The van der Waals surface area contributed by atoms with Crippen molar-refractivity contribution >= 4 is 28.8 Å². The van der Waals surface area contributed by atoms with Gasteiger partial charge in [0.05, 0.1) is 24.1 Å². The molecule has 0 aliphatic heterocycles. The number of carbonyl (C=O) groups is 1. The van der Waals surface area contributed by atoms with Gasteiger partial charge >= 0.3 is 5.97 Å². The fourth-order valence-corrected chi connectivity index (χ4v) is 3.51. The predicted molar refractivity (Wildman–Crippen MR) is 120 cm³/mol. The van der Waals surface area contributed by atoms with Crippen molar-refractivity contribution in [2.24, 2.45) is 0 Å². The van der Waals surface area contributed by atoms with Gasteiger partial charge in [0.15, 0.2) is 11.5 Å². The summed E-state index contributed by atoms with van der Waals surface area (Å²) in [6.07, 6.45) is 5.21. The number of fused-ring (bicyclic) bond motifs is 1. The number of hydrogen-bond donors (Lipinski definition) is 3. The van der Waals surface area contributed by atoms with Gasteiger partial charge in [-0.05, 0) is 43.3 Å². The van der Waals surface area contributed by atoms with Crippen molar-refractivity contribution in [2.75, 3.05) is 29.9 Å². The van der Waals surface area contributed by atoms with E-state index in [0.717, 1.165) is 29.2 Å². The van der Waals surface area contributed by atoms with E-state index in [1.54, 1.807) is 30.6 Å². The van der Waals surface area contributed by atoms with E-state index in [1.807, 2.05) is 40.9 Å². The summed E-state index contributed by atoms with van der Waals surface area (Å²) in [6.45, 7) is 3.56. The van der Waals surface area contributed by atoms with Crippen molar-refractivity contribution in [2.45, 2.75) is 6.92 Å². The Bertz CT molecular complexity index is 1200. The second-order valence-electron chi connectivity index (χ2n) is 6.97. The van der Waals surface area contributed by atoms with Crippen LogP contribution < -0.4 is 10.2 Å². The maximum Gasteiger partial charge on any atom is 0.335 e. The summed E-state index contributed by atoms with van der Waals surface area (Å²) >= 11 is 0. The summed E-state index contributed by atoms with van der Waals surface area (Å²) in [5, 5.41) is 21.8. The van der Waals surface area contributed by atoms with Crippen molar-refractivity contribution in [3.63, 3.8) is 0 Å². The minimum atomic E-state index is -0.973. The molecule has 2 heterocycles. The van der Waals surface area contributed by atoms with E-state index in [2.05, 4.69) is 27.1 Å². The van der Waals surface area contributed by atoms with Crippen molar-refractivity contribution < 1.29 is 15.0 Å². The SMILES string of the molecule is CCN(CCO)c1ccc(Nc2ncc(-c3cccc(C(=O)O)c3)n3ccnc23)cc1. The average Bonchev–Trinajstić information content (AvgIpc) is 3.29. The summed E-state index contributed by atoms with van der Waals surface area (Å²) in [5.41, 5.74) is 4.25. The molecule has 4 rings (SSSR count). The molecule has 0 saturated heterocycles. The van der Waals surface area contributed by atoms with Crippen LogP contribution in [0.2, 0.25) is 0 Å². The number of aliphatic hydroxyl groups excluding tert-OH is 1. The van der Waals surface area contributed by atoms with Gasteiger partial charge in [-0.15, -0.1) is 0 Å². The molecule has 2 aromatic heterocycles. The fraction of sp³-hybridized carbons (Fsp3) is 0.174. The first kappa shape index (κ1) is 20.4. The molecule has 0 radical (unpaired) electrons. The largest absolute Gasteiger partial charge is 0.478 e. The van der Waals surface area contributed by atoms with Crippen LogP contribution in [-0.4, -0.2) is 50.2 Å². The van der Waals surface area contributed by atoms with E-state index in [-0.39, 0.29) is 12.2 Å². The van der Waals surface area contributed by atoms with E-state index in [1.165, 1.54) is 0 Å². The Hall–Kier alpha value is -3.91. The Balaban J connectivity index is 1.63. The number of aliphatic hydroxyl groups is 1. The molecule has 4 aromatic rings. The first-order chi connectivity index (χ1) is 15.1. The molecule has 8 nitrogen and oxygen atoms in total. The summed E-state index contributed by atoms with van der Waals surface area (Å²) in [6, 6.07) is 14.7. The molecular formula is C23H23N5O3. The van der Waals surface area contributed by atoms with E-state index >= 15 is 0 Å². The van der Waals surface area contributed by atoms with Crippen LogP contribution in [0.4, 0.5) is 17.2 Å². The number of likely N-dealkylation sites (N-methyl/N-ethyl adjacent to an activating group) is 1. The normalized spacial score (nSPS) is 10.9. The molecule has 0 fully saturated rings. The number of aromatic carboxylic acids is 1. The molecule has 0 atom stereocenters. The highest BCUT2D eigenvalue weighted by Crippen LogP contribution is 2.27. The average molecular weight is 417 g/mol. The Morgan fingerprint density at radius 3 is 2.68 bits per heavy atom. The van der Waals surface area contributed by atoms with E-state index < -0.39 is 5.97 Å². The van der Waals surface area contributed by atoms with Crippen LogP contribution in [0.1, 0.15) is 17.3 Å². The second kappa shape index (κ2) is 8.85. The Morgan fingerprint density at radius 1 is 1.16 bits per heavy atom. The van der Waals surface area contributed by atoms with Crippen LogP contribution in [0.15, 0.2) is 67.1 Å². The van der Waals surface area contributed by atoms with E-state index in [0.29, 0.717) is 18.0 Å². The first-order valence-corrected chi connectivity index (χ1v) is 9.99. The van der Waals surface area contributed by atoms with Crippen LogP contribution >= 0.6 is 0 Å². The number of carboxylic acids is 1. The second-order valence-corrected chi connectivity index (χ2v) is 6.97. The van der Waals surface area contributed by atoms with Crippen LogP contribution in [0.3, 0.4) is 0 Å². The van der Waals surface area contributed by atoms with Crippen LogP contribution in [0, 0.1) is 0 Å². The summed E-state index contributed by atoms with van der Waals surface area (Å²) in [4.78, 5) is 22.4. The quantitative estimate of drug-likeness (QED) is 0.402. The van der Waals surface area contributed by atoms with E-state index in [9.17, 15) is 15.0 Å². The molecular weight excluding hydrogens is 394 g/mol. The number of aromatic nitrogens is 3. The molecule has 0 aliphatic carbocycles. The lowest BCUT2D eigenvalue weighted by Gasteiger charge is -2.22. The molecule has 31 heavy (non-hydrogen) atoms. The molecule has 3 N–H and O–H groups in total. The number of hydrogen-bond acceptors (Lipinski definition) is 6. The van der Waals surface area contributed by atoms with Gasteiger partial charge in [0.1, 0.15) is 0 Å². The number of benzene rings is 2. The standard InChI is InChI=1S/C23H23N5O3/c1-2-27(12-13-29)19-8-6-18(7-9-19)26-21-22-24-10-11-28(22)20(15-25-21)16-4-3-5-17(14-16)23(30)31/h3-11,14-15,29H,2,12-13H2,1H3,(H,25,26)(H,30,31). The summed E-state index contributed by atoms with van der Waals surface area (Å²) < 4.78 is 1.88. The topological polar surface area (TPSA) is 103 Å². The molecule has 0 bridgehead atoms. The lowest BCUT2D eigenvalue weighted by Crippen LogP contribution is -2.25. The summed E-state index contributed by atoms with van der Waals surface area (Å²) in [7, 11) is 0. The lowest BCUT2D eigenvalue weighted by molar-refractivity contribution is 0.0697. The molecule has 2 aromatic carbocycles. The maximum atomic E-state index is 11.3. The lowest BCUT2D eigenvalue weighted by atomic mass is 10.1. The fourth-order valence-electron chi connectivity index (χ4n) is 3.51. The zero-order valence-electron chi connectivity index (χ0n) is 17.1. The molecule has 0 unspecified atom stereocenters. The smallest absolute Gasteiger partial charge is 0.335 e. The van der Waals surface area contributed by atoms with Crippen LogP contribution in [-0.2, 0) is 0 Å². The number of rotatable bonds is 8. The number of anilines is 3. The van der Waals surface area contributed by atoms with Crippen LogP contribution in [0.25, 0.3) is 16.9 Å². The number of imidazole rings is 1. The van der Waals surface area contributed by atoms with Gasteiger partial charge in [0, 0.05) is 42.4 Å². The number of nitrogens with zero attached hydrogens (tertiary/aromatic N) is 4. The Kier molecular flexibility index (Phi) is 5.81. The highest BCUT2D eigenvalue weighted by Gasteiger charge is 2.12. The van der Waals surface area contributed by atoms with Gasteiger partial charge in [-0.3, -0.25) is 4.40 Å². The van der Waals surface area contributed by atoms with Gasteiger partial charge in [0.25, 0.3) is 0 Å². The van der Waals surface area contributed by atoms with Crippen LogP contribution in [0.5, 0.6) is 0 Å². The van der Waals surface area contributed by atoms with Gasteiger partial charge in [0.2, 0.25) is 0 Å². The maximum absolute atomic E-state index is 11.3. The minimum absolute atomic E-state index is 0.108. The third kappa shape index (κ3) is 4.19. The Labute approximate surface area is 179 Å². The predicted octanol–water partition coefficient (Wildman–Crippen LogP) is 3.66. The summed E-state index contributed by atoms with van der Waals surface area (Å²) in [5.74, 6) is -0.377. The van der Waals surface area contributed by atoms with Crippen molar-refractivity contribution in [3.8, 4) is 11.3 Å². The minimum Gasteiger partial charge on any atom is -0.478 e. The first-order valence-electron chi connectivity index (χ1n) is 9.99. The molecule has 0 aliphatic rings. The zero-order valence-corrected chi connectivity index (χ0v) is 17.1. The third-order valence-corrected chi connectivity index (χ3v) is 5.08. The number of carboxylic acid groups (broad SMARTS) is 1. The molecule has 0 spiro atoms. The zero-order chi connectivity index (χ0) is 21.8. The van der Waals surface area contributed by atoms with Crippen molar-refractivity contribution in [3.05, 3.63) is 72.7 Å². The van der Waals surface area contributed by atoms with Gasteiger partial charge in [-0.25, -0.2) is 14.8 Å². The third-order valence-electron chi connectivity index (χ3n) is 5.08. The molecule has 0 amide bonds. The van der Waals surface area contributed by atoms with E-state index in [4.69, 9.17) is 0 Å². The Morgan fingerprint density at radius 2 is 1.97 bits per heavy atom. The number of nitrogens with one attached hydrogen (secondary N) is 1. The van der Waals surface area contributed by atoms with Gasteiger partial charge in [-0.2, -0.15) is 0 Å². The van der Waals surface area contributed by atoms with Crippen molar-refractivity contribution in [1.82, 2.24) is 14.4 Å². The highest BCUT2D eigenvalue weighted by molar-refractivity contribution is 5.89.